The molecular formula is C16H23N3O4S. The second-order valence-electron chi connectivity index (χ2n) is 5.09. The molecule has 1 heterocycles. The lowest BCUT2D eigenvalue weighted by atomic mass is 10.1. The fourth-order valence-corrected chi connectivity index (χ4v) is 2.10. The Morgan fingerprint density at radius 1 is 1.46 bits per heavy atom. The number of carboxylic acids is 1. The van der Waals surface area contributed by atoms with E-state index in [-0.39, 0.29) is 11.7 Å². The van der Waals surface area contributed by atoms with Crippen molar-refractivity contribution in [1.29, 1.82) is 0 Å². The number of aromatic nitrogens is 1. The maximum atomic E-state index is 10.8. The van der Waals surface area contributed by atoms with E-state index in [1.807, 2.05) is 24.4 Å². The predicted octanol–water partition coefficient (Wildman–Crippen LogP) is 1.18. The van der Waals surface area contributed by atoms with Gasteiger partial charge in [0.05, 0.1) is 7.11 Å². The molecule has 0 saturated carbocycles. The van der Waals surface area contributed by atoms with E-state index in [2.05, 4.69) is 22.9 Å². The largest absolute Gasteiger partial charge is 0.497 e. The Bertz CT molecular complexity index is 687. The first kappa shape index (κ1) is 19.9. The first-order valence-electron chi connectivity index (χ1n) is 7.36. The van der Waals surface area contributed by atoms with Gasteiger partial charge in [0.1, 0.15) is 11.8 Å². The molecule has 0 unspecified atom stereocenters. The fourth-order valence-electron chi connectivity index (χ4n) is 1.94. The third-order valence-corrected chi connectivity index (χ3v) is 3.65. The number of nitrogens with two attached hydrogens (primary N) is 1. The molecule has 0 spiro atoms. The van der Waals surface area contributed by atoms with E-state index in [1.165, 1.54) is 12.5 Å². The van der Waals surface area contributed by atoms with Crippen LogP contribution in [0, 0.1) is 0 Å². The van der Waals surface area contributed by atoms with Crippen LogP contribution >= 0.6 is 12.6 Å². The van der Waals surface area contributed by atoms with Crippen LogP contribution in [0.4, 0.5) is 0 Å². The van der Waals surface area contributed by atoms with Gasteiger partial charge in [-0.15, -0.1) is 0 Å². The van der Waals surface area contributed by atoms with Crippen LogP contribution in [0.25, 0.3) is 10.9 Å². The SMILES string of the molecule is COc1ccc2[nH]cc(CCNC(C)=O)c2c1.N[C@@H](CS)C(=O)O. The Balaban J connectivity index is 0.000000351. The van der Waals surface area contributed by atoms with E-state index >= 15 is 0 Å². The molecule has 0 fully saturated rings. The molecule has 7 nitrogen and oxygen atoms in total. The van der Waals surface area contributed by atoms with Crippen molar-refractivity contribution < 1.29 is 19.4 Å². The number of hydrogen-bond donors (Lipinski definition) is 5. The molecule has 132 valence electrons. The number of hydrogen-bond acceptors (Lipinski definition) is 5. The summed E-state index contributed by atoms with van der Waals surface area (Å²) >= 11 is 3.65. The van der Waals surface area contributed by atoms with E-state index in [0.717, 1.165) is 23.1 Å². The van der Waals surface area contributed by atoms with Crippen LogP contribution in [0.5, 0.6) is 5.75 Å². The smallest absolute Gasteiger partial charge is 0.321 e. The molecule has 1 atom stereocenters. The van der Waals surface area contributed by atoms with Crippen molar-refractivity contribution in [2.75, 3.05) is 19.4 Å². The number of nitrogens with one attached hydrogen (secondary N) is 2. The van der Waals surface area contributed by atoms with Gasteiger partial charge in [-0.05, 0) is 30.2 Å². The zero-order chi connectivity index (χ0) is 18.1. The zero-order valence-electron chi connectivity index (χ0n) is 13.7. The first-order valence-corrected chi connectivity index (χ1v) is 8.00. The number of carboxylic acid groups (broad SMARTS) is 1. The number of carbonyl (C=O) groups excluding carboxylic acids is 1. The molecule has 0 aliphatic rings. The summed E-state index contributed by atoms with van der Waals surface area (Å²) in [6.45, 7) is 2.18. The number of aliphatic carboxylic acids is 1. The number of fused-ring (bicyclic) bond motifs is 1. The summed E-state index contributed by atoms with van der Waals surface area (Å²) in [4.78, 5) is 23.8. The number of aromatic amines is 1. The molecule has 0 saturated heterocycles. The second-order valence-corrected chi connectivity index (χ2v) is 5.45. The van der Waals surface area contributed by atoms with Gasteiger partial charge in [-0.3, -0.25) is 9.59 Å². The molecule has 8 heteroatoms. The molecule has 0 aliphatic heterocycles. The average Bonchev–Trinajstić information content (AvgIpc) is 2.96. The molecule has 1 aromatic heterocycles. The number of benzene rings is 1. The van der Waals surface area contributed by atoms with Gasteiger partial charge in [0.2, 0.25) is 5.91 Å². The number of methoxy groups -OCH3 is 1. The minimum atomic E-state index is -1.00. The van der Waals surface area contributed by atoms with E-state index in [1.54, 1.807) is 7.11 Å². The monoisotopic (exact) mass is 353 g/mol. The summed E-state index contributed by atoms with van der Waals surface area (Å²) in [7, 11) is 1.66. The van der Waals surface area contributed by atoms with E-state index in [4.69, 9.17) is 15.6 Å². The van der Waals surface area contributed by atoms with Crippen molar-refractivity contribution in [3.63, 3.8) is 0 Å². The Labute approximate surface area is 146 Å². The van der Waals surface area contributed by atoms with Gasteiger partial charge in [0.15, 0.2) is 0 Å². The van der Waals surface area contributed by atoms with Crippen molar-refractivity contribution in [3.05, 3.63) is 30.0 Å². The molecule has 1 amide bonds. The van der Waals surface area contributed by atoms with Gasteiger partial charge in [0.25, 0.3) is 0 Å². The molecule has 2 aromatic rings. The fraction of sp³-hybridized carbons (Fsp3) is 0.375. The third-order valence-electron chi connectivity index (χ3n) is 3.26. The van der Waals surface area contributed by atoms with Gasteiger partial charge < -0.3 is 25.9 Å². The summed E-state index contributed by atoms with van der Waals surface area (Å²) in [5.41, 5.74) is 7.21. The van der Waals surface area contributed by atoms with Crippen LogP contribution in [0.2, 0.25) is 0 Å². The predicted molar refractivity (Wildman–Crippen MR) is 96.7 cm³/mol. The molecular weight excluding hydrogens is 330 g/mol. The van der Waals surface area contributed by atoms with Gasteiger partial charge in [-0.2, -0.15) is 12.6 Å². The second kappa shape index (κ2) is 9.84. The topological polar surface area (TPSA) is 117 Å². The Morgan fingerprint density at radius 2 is 2.17 bits per heavy atom. The lowest BCUT2D eigenvalue weighted by molar-refractivity contribution is -0.137. The van der Waals surface area contributed by atoms with Crippen molar-refractivity contribution >= 4 is 35.4 Å². The quantitative estimate of drug-likeness (QED) is 0.500. The first-order chi connectivity index (χ1) is 11.4. The number of rotatable bonds is 6. The number of ether oxygens (including phenoxy) is 1. The summed E-state index contributed by atoms with van der Waals surface area (Å²) in [6.07, 6.45) is 2.79. The highest BCUT2D eigenvalue weighted by molar-refractivity contribution is 7.80. The minimum absolute atomic E-state index is 0.00224. The molecule has 1 aromatic carbocycles. The molecule has 24 heavy (non-hydrogen) atoms. The Hall–Kier alpha value is -2.19. The van der Waals surface area contributed by atoms with Crippen LogP contribution < -0.4 is 15.8 Å². The summed E-state index contributed by atoms with van der Waals surface area (Å²) in [5.74, 6) is 0.0327. The Morgan fingerprint density at radius 3 is 2.67 bits per heavy atom. The highest BCUT2D eigenvalue weighted by Gasteiger charge is 2.06. The molecule has 0 aliphatic carbocycles. The summed E-state index contributed by atoms with van der Waals surface area (Å²) in [6, 6.07) is 5.12. The third kappa shape index (κ3) is 6.13. The van der Waals surface area contributed by atoms with Crippen molar-refractivity contribution in [1.82, 2.24) is 10.3 Å². The van der Waals surface area contributed by atoms with Crippen molar-refractivity contribution in [2.45, 2.75) is 19.4 Å². The molecule has 5 N–H and O–H groups in total. The van der Waals surface area contributed by atoms with Crippen molar-refractivity contribution in [2.24, 2.45) is 5.73 Å². The maximum absolute atomic E-state index is 10.8. The average molecular weight is 353 g/mol. The maximum Gasteiger partial charge on any atom is 0.321 e. The molecule has 2 rings (SSSR count). The minimum Gasteiger partial charge on any atom is -0.497 e. The molecule has 0 bridgehead atoms. The van der Waals surface area contributed by atoms with E-state index in [9.17, 15) is 9.59 Å². The number of thiol groups is 1. The standard InChI is InChI=1S/C13H16N2O2.C3H7NO2S/c1-9(16)14-6-5-10-8-15-13-4-3-11(17-2)7-12(10)13;4-2(1-7)3(5)6/h3-4,7-8,15H,5-6H2,1-2H3,(H,14,16);2,7H,1,4H2,(H,5,6)/t;2-/m.0/s1. The van der Waals surface area contributed by atoms with E-state index < -0.39 is 12.0 Å². The van der Waals surface area contributed by atoms with Crippen LogP contribution in [0.15, 0.2) is 24.4 Å². The number of H-pyrrole nitrogens is 1. The van der Waals surface area contributed by atoms with Gasteiger partial charge in [0, 0.05) is 36.3 Å². The summed E-state index contributed by atoms with van der Waals surface area (Å²) in [5, 5.41) is 11.9. The van der Waals surface area contributed by atoms with Gasteiger partial charge in [-0.25, -0.2) is 0 Å². The highest BCUT2D eigenvalue weighted by Crippen LogP contribution is 2.23. The normalized spacial score (nSPS) is 11.3. The van der Waals surface area contributed by atoms with Crippen LogP contribution in [0.1, 0.15) is 12.5 Å². The number of amides is 1. The summed E-state index contributed by atoms with van der Waals surface area (Å²) < 4.78 is 5.21. The molecule has 0 radical (unpaired) electrons. The van der Waals surface area contributed by atoms with Gasteiger partial charge >= 0.3 is 5.97 Å². The van der Waals surface area contributed by atoms with Crippen LogP contribution in [-0.2, 0) is 16.0 Å². The zero-order valence-corrected chi connectivity index (χ0v) is 14.6. The lowest BCUT2D eigenvalue weighted by Crippen LogP contribution is -2.31. The van der Waals surface area contributed by atoms with Crippen LogP contribution in [-0.4, -0.2) is 47.4 Å². The van der Waals surface area contributed by atoms with Crippen molar-refractivity contribution in [3.8, 4) is 5.75 Å². The van der Waals surface area contributed by atoms with Gasteiger partial charge in [-0.1, -0.05) is 0 Å². The lowest BCUT2D eigenvalue weighted by Gasteiger charge is -2.03. The highest BCUT2D eigenvalue weighted by atomic mass is 32.1. The number of carbonyl (C=O) groups is 2. The Kier molecular flexibility index (Phi) is 8.14. The van der Waals surface area contributed by atoms with E-state index in [0.29, 0.717) is 6.54 Å². The van der Waals surface area contributed by atoms with Crippen LogP contribution in [0.3, 0.4) is 0 Å².